The number of pyridine rings is 1. The summed E-state index contributed by atoms with van der Waals surface area (Å²) >= 11 is 0. The van der Waals surface area contributed by atoms with Crippen molar-refractivity contribution >= 4 is 16.4 Å². The lowest BCUT2D eigenvalue weighted by Gasteiger charge is -2.03. The fourth-order valence-electron chi connectivity index (χ4n) is 2.77. The first-order valence-electron chi connectivity index (χ1n) is 7.09. The summed E-state index contributed by atoms with van der Waals surface area (Å²) in [6, 6.07) is 23.0. The Hall–Kier alpha value is -2.74. The number of rotatable bonds is 1. The second-order valence-electron chi connectivity index (χ2n) is 5.25. The van der Waals surface area contributed by atoms with Crippen LogP contribution in [-0.2, 0) is 0 Å². The van der Waals surface area contributed by atoms with Crippen LogP contribution in [-0.4, -0.2) is 4.98 Å². The first-order valence-corrected chi connectivity index (χ1v) is 7.09. The number of hydrogen-bond donors (Lipinski definition) is 0. The van der Waals surface area contributed by atoms with Crippen molar-refractivity contribution in [3.8, 4) is 11.3 Å². The molecule has 2 heterocycles. The molecule has 100 valence electrons. The van der Waals surface area contributed by atoms with Gasteiger partial charge in [0.2, 0.25) is 0 Å². The maximum atomic E-state index is 4.90. The summed E-state index contributed by atoms with van der Waals surface area (Å²) in [5.41, 5.74) is 4.36. The number of benzene rings is 2. The van der Waals surface area contributed by atoms with E-state index in [1.807, 2.05) is 18.2 Å². The van der Waals surface area contributed by atoms with E-state index in [0.29, 0.717) is 0 Å². The van der Waals surface area contributed by atoms with Crippen molar-refractivity contribution in [3.05, 3.63) is 78.6 Å². The molecule has 0 spiro atoms. The molecule has 0 N–H and O–H groups in total. The highest BCUT2D eigenvalue weighted by Gasteiger charge is 2.15. The van der Waals surface area contributed by atoms with Crippen LogP contribution in [0.1, 0.15) is 5.69 Å². The Morgan fingerprint density at radius 3 is 2.48 bits per heavy atom. The van der Waals surface area contributed by atoms with Crippen molar-refractivity contribution in [3.63, 3.8) is 0 Å². The van der Waals surface area contributed by atoms with Crippen LogP contribution in [0.25, 0.3) is 27.7 Å². The molecule has 0 amide bonds. The molecule has 0 bridgehead atoms. The van der Waals surface area contributed by atoms with E-state index in [2.05, 4.69) is 66.1 Å². The Balaban J connectivity index is 2.10. The van der Waals surface area contributed by atoms with Crippen LogP contribution in [0, 0.1) is 6.92 Å². The molecule has 0 saturated heterocycles. The third kappa shape index (κ3) is 1.96. The number of aryl methyl sites for hydroxylation is 1. The minimum atomic E-state index is 1.01. The van der Waals surface area contributed by atoms with Gasteiger partial charge in [0.05, 0.1) is 11.6 Å². The van der Waals surface area contributed by atoms with Crippen LogP contribution in [0.15, 0.2) is 72.9 Å². The maximum absolute atomic E-state index is 4.90. The molecule has 0 aliphatic rings. The standard InChI is InChI=1S/C19H15N2/c1-14-13-18(16-8-3-2-4-9-16)20-19-17-10-6-5-7-15(17)11-12-21(14)19/h2-13H,1H3/q+1. The average molecular weight is 271 g/mol. The van der Waals surface area contributed by atoms with Crippen molar-refractivity contribution < 1.29 is 4.40 Å². The van der Waals surface area contributed by atoms with E-state index in [1.54, 1.807) is 0 Å². The molecule has 0 radical (unpaired) electrons. The van der Waals surface area contributed by atoms with E-state index < -0.39 is 0 Å². The fourth-order valence-corrected chi connectivity index (χ4v) is 2.77. The highest BCUT2D eigenvalue weighted by molar-refractivity contribution is 5.92. The number of aromatic nitrogens is 2. The molecular formula is C19H15N2+. The molecule has 0 saturated carbocycles. The van der Waals surface area contributed by atoms with E-state index in [1.165, 1.54) is 16.5 Å². The normalized spacial score (nSPS) is 11.1. The lowest BCUT2D eigenvalue weighted by Crippen LogP contribution is -2.26. The van der Waals surface area contributed by atoms with Crippen molar-refractivity contribution in [1.82, 2.24) is 4.98 Å². The monoisotopic (exact) mass is 271 g/mol. The van der Waals surface area contributed by atoms with E-state index in [9.17, 15) is 0 Å². The number of hydrogen-bond acceptors (Lipinski definition) is 1. The van der Waals surface area contributed by atoms with Crippen molar-refractivity contribution in [2.45, 2.75) is 6.92 Å². The summed E-state index contributed by atoms with van der Waals surface area (Å²) < 4.78 is 2.15. The smallest absolute Gasteiger partial charge is 0.200 e. The van der Waals surface area contributed by atoms with E-state index in [0.717, 1.165) is 16.9 Å². The lowest BCUT2D eigenvalue weighted by molar-refractivity contribution is -0.521. The predicted molar refractivity (Wildman–Crippen MR) is 85.1 cm³/mol. The fraction of sp³-hybridized carbons (Fsp3) is 0.0526. The van der Waals surface area contributed by atoms with Gasteiger partial charge in [-0.25, -0.2) is 4.40 Å². The molecule has 0 aliphatic heterocycles. The first-order chi connectivity index (χ1) is 10.3. The quantitative estimate of drug-likeness (QED) is 0.378. The van der Waals surface area contributed by atoms with Crippen molar-refractivity contribution in [2.24, 2.45) is 0 Å². The highest BCUT2D eigenvalue weighted by Crippen LogP contribution is 2.21. The van der Waals surface area contributed by atoms with Gasteiger partial charge >= 0.3 is 5.65 Å². The van der Waals surface area contributed by atoms with Gasteiger partial charge in [0, 0.05) is 11.6 Å². The number of nitrogens with zero attached hydrogens (tertiary/aromatic N) is 2. The zero-order valence-electron chi connectivity index (χ0n) is 11.8. The molecule has 21 heavy (non-hydrogen) atoms. The molecule has 4 aromatic rings. The third-order valence-electron chi connectivity index (χ3n) is 3.85. The van der Waals surface area contributed by atoms with Gasteiger partial charge in [0.15, 0.2) is 5.69 Å². The summed E-state index contributed by atoms with van der Waals surface area (Å²) in [4.78, 5) is 4.90. The molecule has 0 fully saturated rings. The van der Waals surface area contributed by atoms with Crippen LogP contribution in [0.2, 0.25) is 0 Å². The van der Waals surface area contributed by atoms with Gasteiger partial charge in [0.1, 0.15) is 5.69 Å². The second-order valence-corrected chi connectivity index (χ2v) is 5.25. The molecule has 2 aromatic heterocycles. The van der Waals surface area contributed by atoms with Crippen LogP contribution in [0.5, 0.6) is 0 Å². The topological polar surface area (TPSA) is 17.0 Å². The Bertz CT molecular complexity index is 943. The molecule has 2 nitrogen and oxygen atoms in total. The summed E-state index contributed by atoms with van der Waals surface area (Å²) in [5.74, 6) is 0. The molecule has 2 aromatic carbocycles. The van der Waals surface area contributed by atoms with Crippen LogP contribution in [0.3, 0.4) is 0 Å². The van der Waals surface area contributed by atoms with Gasteiger partial charge in [-0.3, -0.25) is 0 Å². The minimum absolute atomic E-state index is 1.01. The third-order valence-corrected chi connectivity index (χ3v) is 3.85. The summed E-state index contributed by atoms with van der Waals surface area (Å²) in [6.45, 7) is 2.12. The Morgan fingerprint density at radius 2 is 1.62 bits per heavy atom. The van der Waals surface area contributed by atoms with Crippen LogP contribution >= 0.6 is 0 Å². The Labute approximate surface area is 123 Å². The minimum Gasteiger partial charge on any atom is -0.200 e. The Morgan fingerprint density at radius 1 is 0.857 bits per heavy atom. The maximum Gasteiger partial charge on any atom is 0.336 e. The van der Waals surface area contributed by atoms with Crippen LogP contribution < -0.4 is 4.40 Å². The predicted octanol–water partition coefficient (Wildman–Crippen LogP) is 3.95. The Kier molecular flexibility index (Phi) is 2.68. The van der Waals surface area contributed by atoms with Crippen LogP contribution in [0.4, 0.5) is 0 Å². The van der Waals surface area contributed by atoms with Gasteiger partial charge in [-0.1, -0.05) is 48.5 Å². The van der Waals surface area contributed by atoms with Gasteiger partial charge in [-0.05, 0) is 29.4 Å². The summed E-state index contributed by atoms with van der Waals surface area (Å²) in [7, 11) is 0. The highest BCUT2D eigenvalue weighted by atomic mass is 15.0. The molecular weight excluding hydrogens is 256 g/mol. The van der Waals surface area contributed by atoms with Crippen molar-refractivity contribution in [1.29, 1.82) is 0 Å². The van der Waals surface area contributed by atoms with Gasteiger partial charge in [0.25, 0.3) is 0 Å². The SMILES string of the molecule is Cc1cc(-c2ccccc2)nc2c3ccccc3cc[n+]12. The van der Waals surface area contributed by atoms with Crippen molar-refractivity contribution in [2.75, 3.05) is 0 Å². The molecule has 0 atom stereocenters. The van der Waals surface area contributed by atoms with Gasteiger partial charge < -0.3 is 0 Å². The zero-order chi connectivity index (χ0) is 14.2. The molecule has 4 rings (SSSR count). The summed E-state index contributed by atoms with van der Waals surface area (Å²) in [6.07, 6.45) is 2.09. The largest absolute Gasteiger partial charge is 0.336 e. The van der Waals surface area contributed by atoms with E-state index in [-0.39, 0.29) is 0 Å². The molecule has 2 heteroatoms. The first kappa shape index (κ1) is 12.0. The second kappa shape index (κ2) is 4.67. The van der Waals surface area contributed by atoms with Gasteiger partial charge in [-0.2, -0.15) is 0 Å². The average Bonchev–Trinajstić information content (AvgIpc) is 2.55. The molecule has 0 unspecified atom stereocenters. The zero-order valence-corrected chi connectivity index (χ0v) is 11.8. The summed E-state index contributed by atoms with van der Waals surface area (Å²) in [5, 5.41) is 2.40. The molecule has 0 aliphatic carbocycles. The van der Waals surface area contributed by atoms with E-state index >= 15 is 0 Å². The van der Waals surface area contributed by atoms with E-state index in [4.69, 9.17) is 4.98 Å². The number of fused-ring (bicyclic) bond motifs is 3. The van der Waals surface area contributed by atoms with Gasteiger partial charge in [-0.15, -0.1) is 0 Å². The lowest BCUT2D eigenvalue weighted by atomic mass is 10.1.